The Labute approximate surface area is 202 Å². The van der Waals surface area contributed by atoms with Crippen molar-refractivity contribution in [2.75, 3.05) is 16.9 Å². The van der Waals surface area contributed by atoms with Gasteiger partial charge in [-0.15, -0.1) is 9.24 Å². The number of amides is 1. The smallest absolute Gasteiger partial charge is 0.323 e. The number of nitrogens with one attached hydrogen (secondary N) is 1. The summed E-state index contributed by atoms with van der Waals surface area (Å²) >= 11 is 0. The number of aryl methyl sites for hydroxylation is 1. The Morgan fingerprint density at radius 3 is 2.51 bits per heavy atom. The minimum Gasteiger partial charge on any atom is -0.323 e. The van der Waals surface area contributed by atoms with Gasteiger partial charge in [-0.2, -0.15) is 23.5 Å². The maximum absolute atomic E-state index is 14.1. The van der Waals surface area contributed by atoms with Crippen molar-refractivity contribution < 1.29 is 22.4 Å². The first kappa shape index (κ1) is 25.1. The third-order valence-electron chi connectivity index (χ3n) is 6.50. The van der Waals surface area contributed by atoms with Gasteiger partial charge in [0.15, 0.2) is 5.71 Å². The van der Waals surface area contributed by atoms with Crippen molar-refractivity contribution in [2.45, 2.75) is 50.2 Å². The molecule has 4 rings (SSSR count). The fraction of sp³-hybridized carbons (Fsp3) is 0.375. The molecule has 0 spiro atoms. The first-order valence-electron chi connectivity index (χ1n) is 11.1. The summed E-state index contributed by atoms with van der Waals surface area (Å²) in [4.78, 5) is 15.8. The number of hydrazone groups is 1. The Bertz CT molecular complexity index is 1210. The minimum atomic E-state index is -4.82. The molecule has 2 aromatic rings. The number of hydrogen-bond donors (Lipinski definition) is 1. The highest BCUT2D eigenvalue weighted by molar-refractivity contribution is 7.20. The summed E-state index contributed by atoms with van der Waals surface area (Å²) in [6.45, 7) is 4.08. The Kier molecular flexibility index (Phi) is 6.60. The van der Waals surface area contributed by atoms with Crippen LogP contribution in [0.2, 0.25) is 0 Å². The maximum atomic E-state index is 14.1. The zero-order valence-corrected chi connectivity index (χ0v) is 20.3. The lowest BCUT2D eigenvalue weighted by atomic mass is 9.96. The van der Waals surface area contributed by atoms with Crippen LogP contribution in [0.4, 0.5) is 28.9 Å². The quantitative estimate of drug-likeness (QED) is 0.479. The molecule has 11 heteroatoms. The van der Waals surface area contributed by atoms with Crippen molar-refractivity contribution in [3.05, 3.63) is 59.4 Å². The van der Waals surface area contributed by atoms with Crippen LogP contribution in [-0.2, 0) is 4.79 Å². The number of anilines is 2. The molecule has 2 aromatic carbocycles. The summed E-state index contributed by atoms with van der Waals surface area (Å²) in [5.41, 5.74) is -3.53. The van der Waals surface area contributed by atoms with Crippen LogP contribution in [0.3, 0.4) is 0 Å². The van der Waals surface area contributed by atoms with Crippen molar-refractivity contribution in [1.82, 2.24) is 4.90 Å². The Morgan fingerprint density at radius 2 is 1.94 bits per heavy atom. The normalized spacial score (nSPS) is 24.9. The molecule has 35 heavy (non-hydrogen) atoms. The second-order valence-corrected chi connectivity index (χ2v) is 9.45. The molecule has 2 unspecified atom stereocenters. The van der Waals surface area contributed by atoms with Crippen LogP contribution in [0.15, 0.2) is 47.6 Å². The van der Waals surface area contributed by atoms with Crippen LogP contribution in [-0.4, -0.2) is 46.6 Å². The summed E-state index contributed by atoms with van der Waals surface area (Å²) in [6, 6.07) is 11.7. The van der Waals surface area contributed by atoms with E-state index < -0.39 is 34.9 Å². The Hall–Kier alpha value is -3.02. The summed E-state index contributed by atoms with van der Waals surface area (Å²) in [5.74, 6) is -1.52. The summed E-state index contributed by atoms with van der Waals surface area (Å²) in [5, 5.41) is 17.0. The van der Waals surface area contributed by atoms with E-state index in [0.29, 0.717) is 25.1 Å². The van der Waals surface area contributed by atoms with Gasteiger partial charge in [0.25, 0.3) is 5.91 Å². The lowest BCUT2D eigenvalue weighted by Gasteiger charge is -2.47. The SMILES string of the molecule is Cc1ccc(NC(=O)[C@@]2(N3CCCC3C)[C@H](P)C(C(F)(F)F)=NN2c2ccc(F)c(C#N)c2)cc1. The number of carbonyl (C=O) groups is 1. The van der Waals surface area contributed by atoms with Crippen LogP contribution in [0.25, 0.3) is 0 Å². The highest BCUT2D eigenvalue weighted by Crippen LogP contribution is 2.47. The molecule has 1 N–H and O–H groups in total. The molecular formula is C24H24F4N5OP. The standard InChI is InChI=1S/C24H24F4N5OP/c1-14-5-7-17(8-6-14)30-22(34)23(32-11-3-4-15(32)2)21(35)20(24(26,27)28)31-33(23)18-9-10-19(25)16(12-18)13-29/h5-10,12,15,21H,3-4,11,35H2,1-2H3,(H,30,34)/t15?,21-,23-/m1/s1. The van der Waals surface area contributed by atoms with Crippen LogP contribution in [0.1, 0.15) is 30.9 Å². The van der Waals surface area contributed by atoms with E-state index in [1.807, 2.05) is 13.8 Å². The number of alkyl halides is 3. The monoisotopic (exact) mass is 505 g/mol. The highest BCUT2D eigenvalue weighted by atomic mass is 31.0. The molecule has 1 saturated heterocycles. The van der Waals surface area contributed by atoms with Crippen molar-refractivity contribution in [3.63, 3.8) is 0 Å². The number of carbonyl (C=O) groups excluding carboxylic acids is 1. The molecule has 1 amide bonds. The van der Waals surface area contributed by atoms with E-state index in [-0.39, 0.29) is 17.3 Å². The maximum Gasteiger partial charge on any atom is 0.431 e. The van der Waals surface area contributed by atoms with Crippen LogP contribution in [0, 0.1) is 24.1 Å². The molecule has 6 nitrogen and oxygen atoms in total. The lowest BCUT2D eigenvalue weighted by Crippen LogP contribution is -2.70. The van der Waals surface area contributed by atoms with Crippen molar-refractivity contribution in [2.24, 2.45) is 5.10 Å². The van der Waals surface area contributed by atoms with Gasteiger partial charge in [-0.1, -0.05) is 17.7 Å². The molecule has 2 aliphatic heterocycles. The molecule has 2 aliphatic rings. The number of likely N-dealkylation sites (tertiary alicyclic amines) is 1. The van der Waals surface area contributed by atoms with Gasteiger partial charge in [-0.25, -0.2) is 9.40 Å². The van der Waals surface area contributed by atoms with Gasteiger partial charge in [-0.3, -0.25) is 9.69 Å². The first-order valence-corrected chi connectivity index (χ1v) is 11.7. The van der Waals surface area contributed by atoms with Gasteiger partial charge in [0.1, 0.15) is 11.9 Å². The number of rotatable bonds is 4. The van der Waals surface area contributed by atoms with Crippen molar-refractivity contribution in [3.8, 4) is 6.07 Å². The number of benzene rings is 2. The first-order chi connectivity index (χ1) is 16.5. The highest BCUT2D eigenvalue weighted by Gasteiger charge is 2.65. The molecule has 184 valence electrons. The van der Waals surface area contributed by atoms with Gasteiger partial charge in [0.2, 0.25) is 5.66 Å². The van der Waals surface area contributed by atoms with Gasteiger partial charge in [0, 0.05) is 18.3 Å². The third-order valence-corrected chi connectivity index (χ3v) is 7.28. The molecule has 2 heterocycles. The number of halogens is 4. The van der Waals surface area contributed by atoms with Crippen LogP contribution < -0.4 is 10.3 Å². The molecule has 0 saturated carbocycles. The van der Waals surface area contributed by atoms with Gasteiger partial charge in [-0.05, 0) is 57.0 Å². The third kappa shape index (κ3) is 4.28. The molecule has 0 aromatic heterocycles. The Balaban J connectivity index is 1.93. The fourth-order valence-corrected chi connectivity index (χ4v) is 5.49. The van der Waals surface area contributed by atoms with Crippen LogP contribution >= 0.6 is 9.24 Å². The molecular weight excluding hydrogens is 481 g/mol. The largest absolute Gasteiger partial charge is 0.431 e. The Morgan fingerprint density at radius 1 is 1.26 bits per heavy atom. The molecule has 4 atom stereocenters. The predicted octanol–water partition coefficient (Wildman–Crippen LogP) is 4.81. The zero-order valence-electron chi connectivity index (χ0n) is 19.1. The number of nitrogens with zero attached hydrogens (tertiary/aromatic N) is 4. The second kappa shape index (κ2) is 9.21. The summed E-state index contributed by atoms with van der Waals surface area (Å²) in [6.07, 6.45) is -3.46. The van der Waals surface area contributed by atoms with Crippen molar-refractivity contribution >= 4 is 32.2 Å². The van der Waals surface area contributed by atoms with E-state index in [9.17, 15) is 27.6 Å². The molecule has 0 aliphatic carbocycles. The van der Waals surface area contributed by atoms with E-state index in [1.165, 1.54) is 6.07 Å². The van der Waals surface area contributed by atoms with Gasteiger partial charge in [0.05, 0.1) is 16.9 Å². The van der Waals surface area contributed by atoms with E-state index in [0.717, 1.165) is 22.7 Å². The van der Waals surface area contributed by atoms with E-state index in [2.05, 4.69) is 19.7 Å². The van der Waals surface area contributed by atoms with Gasteiger partial charge >= 0.3 is 6.18 Å². The van der Waals surface area contributed by atoms with E-state index in [1.54, 1.807) is 35.2 Å². The number of hydrogen-bond acceptors (Lipinski definition) is 5. The fourth-order valence-electron chi connectivity index (χ4n) is 4.75. The topological polar surface area (TPSA) is 71.7 Å². The summed E-state index contributed by atoms with van der Waals surface area (Å²) < 4.78 is 56.5. The predicted molar refractivity (Wildman–Crippen MR) is 129 cm³/mol. The second-order valence-electron chi connectivity index (χ2n) is 8.78. The van der Waals surface area contributed by atoms with Gasteiger partial charge < -0.3 is 5.32 Å². The summed E-state index contributed by atoms with van der Waals surface area (Å²) in [7, 11) is 2.15. The minimum absolute atomic E-state index is 0.00723. The number of nitriles is 1. The molecule has 0 bridgehead atoms. The average Bonchev–Trinajstić information content (AvgIpc) is 3.36. The van der Waals surface area contributed by atoms with E-state index in [4.69, 9.17) is 0 Å². The lowest BCUT2D eigenvalue weighted by molar-refractivity contribution is -0.128. The van der Waals surface area contributed by atoms with Crippen molar-refractivity contribution in [1.29, 1.82) is 5.26 Å². The molecule has 0 radical (unpaired) electrons. The van der Waals surface area contributed by atoms with Crippen LogP contribution in [0.5, 0.6) is 0 Å². The molecule has 1 fully saturated rings. The van der Waals surface area contributed by atoms with E-state index >= 15 is 0 Å². The zero-order chi connectivity index (χ0) is 25.5. The average molecular weight is 505 g/mol.